The molecule has 0 unspecified atom stereocenters. The van der Waals surface area contributed by atoms with E-state index in [-0.39, 0.29) is 17.5 Å². The molecule has 6 heteroatoms. The number of anilines is 2. The molecule has 3 N–H and O–H groups in total. The maximum absolute atomic E-state index is 12.3. The first-order chi connectivity index (χ1) is 11.2. The van der Waals surface area contributed by atoms with E-state index in [0.29, 0.717) is 16.9 Å². The molecule has 1 aromatic heterocycles. The number of para-hydroxylation sites is 1. The van der Waals surface area contributed by atoms with Crippen LogP contribution in [0.25, 0.3) is 0 Å². The topological polar surface area (TPSA) is 86.9 Å². The Morgan fingerprint density at radius 3 is 2.17 bits per heavy atom. The van der Waals surface area contributed by atoms with E-state index in [9.17, 15) is 9.59 Å². The molecule has 2 aromatic carbocycles. The number of nitrogens with zero attached hydrogens (tertiary/aromatic N) is 1. The van der Waals surface area contributed by atoms with E-state index in [4.69, 9.17) is 0 Å². The van der Waals surface area contributed by atoms with Gasteiger partial charge >= 0.3 is 0 Å². The quantitative estimate of drug-likeness (QED) is 0.692. The van der Waals surface area contributed by atoms with Gasteiger partial charge in [0.05, 0.1) is 11.9 Å². The molecule has 2 amide bonds. The summed E-state index contributed by atoms with van der Waals surface area (Å²) >= 11 is 0. The van der Waals surface area contributed by atoms with Gasteiger partial charge in [0.2, 0.25) is 0 Å². The van der Waals surface area contributed by atoms with Crippen LogP contribution in [-0.4, -0.2) is 22.0 Å². The summed E-state index contributed by atoms with van der Waals surface area (Å²) in [5.74, 6) is -0.683. The summed E-state index contributed by atoms with van der Waals surface area (Å²) in [5.41, 5.74) is 1.68. The minimum Gasteiger partial charge on any atom is -0.321 e. The van der Waals surface area contributed by atoms with Crippen LogP contribution in [0.2, 0.25) is 0 Å². The number of carbonyl (C=O) groups is 2. The first-order valence-electron chi connectivity index (χ1n) is 7.00. The molecule has 0 aliphatic heterocycles. The highest BCUT2D eigenvalue weighted by Crippen LogP contribution is 2.15. The lowest BCUT2D eigenvalue weighted by Crippen LogP contribution is -2.17. The molecular weight excluding hydrogens is 292 g/mol. The van der Waals surface area contributed by atoms with Crippen LogP contribution in [-0.2, 0) is 0 Å². The maximum atomic E-state index is 12.3. The zero-order valence-corrected chi connectivity index (χ0v) is 12.1. The molecule has 0 radical (unpaired) electrons. The van der Waals surface area contributed by atoms with Crippen LogP contribution in [0.1, 0.15) is 20.8 Å². The minimum atomic E-state index is -0.378. The Bertz CT molecular complexity index is 813. The van der Waals surface area contributed by atoms with Crippen molar-refractivity contribution in [1.29, 1.82) is 0 Å². The van der Waals surface area contributed by atoms with Crippen LogP contribution in [0, 0.1) is 0 Å². The van der Waals surface area contributed by atoms with Gasteiger partial charge in [-0.3, -0.25) is 14.7 Å². The van der Waals surface area contributed by atoms with Crippen LogP contribution in [0.5, 0.6) is 0 Å². The van der Waals surface area contributed by atoms with Crippen LogP contribution < -0.4 is 10.6 Å². The van der Waals surface area contributed by atoms with Crippen molar-refractivity contribution < 1.29 is 9.59 Å². The highest BCUT2D eigenvalue weighted by molar-refractivity contribution is 6.11. The van der Waals surface area contributed by atoms with Crippen molar-refractivity contribution in [3.05, 3.63) is 78.1 Å². The average molecular weight is 306 g/mol. The zero-order valence-electron chi connectivity index (χ0n) is 12.1. The molecule has 0 fully saturated rings. The third kappa shape index (κ3) is 3.44. The second kappa shape index (κ2) is 6.57. The number of H-pyrrole nitrogens is 1. The van der Waals surface area contributed by atoms with E-state index in [1.807, 2.05) is 24.3 Å². The molecular formula is C17H14N4O2. The largest absolute Gasteiger partial charge is 0.321 e. The van der Waals surface area contributed by atoms with Crippen molar-refractivity contribution in [2.24, 2.45) is 0 Å². The zero-order chi connectivity index (χ0) is 16.1. The van der Waals surface area contributed by atoms with Crippen molar-refractivity contribution in [3.8, 4) is 0 Å². The third-order valence-corrected chi connectivity index (χ3v) is 3.18. The molecule has 0 bridgehead atoms. The number of hydrogen-bond acceptors (Lipinski definition) is 3. The van der Waals surface area contributed by atoms with Crippen molar-refractivity contribution in [2.75, 3.05) is 10.6 Å². The molecule has 23 heavy (non-hydrogen) atoms. The van der Waals surface area contributed by atoms with Gasteiger partial charge in [0.1, 0.15) is 5.69 Å². The van der Waals surface area contributed by atoms with E-state index >= 15 is 0 Å². The van der Waals surface area contributed by atoms with Crippen LogP contribution in [0.4, 0.5) is 11.4 Å². The molecule has 0 saturated carbocycles. The van der Waals surface area contributed by atoms with Crippen molar-refractivity contribution >= 4 is 23.2 Å². The van der Waals surface area contributed by atoms with Gasteiger partial charge in [-0.2, -0.15) is 5.10 Å². The minimum absolute atomic E-state index is 0.193. The SMILES string of the molecule is O=C(Nc1cn[nH]c1C(=O)Nc1ccccc1)c1ccccc1. The van der Waals surface area contributed by atoms with E-state index in [1.54, 1.807) is 36.4 Å². The summed E-state index contributed by atoms with van der Waals surface area (Å²) in [6, 6.07) is 17.8. The number of amides is 2. The Morgan fingerprint density at radius 2 is 1.48 bits per heavy atom. The number of rotatable bonds is 4. The fraction of sp³-hybridized carbons (Fsp3) is 0. The summed E-state index contributed by atoms with van der Waals surface area (Å²) < 4.78 is 0. The Labute approximate surface area is 132 Å². The Balaban J connectivity index is 1.74. The Kier molecular flexibility index (Phi) is 4.15. The molecule has 0 spiro atoms. The molecule has 0 aliphatic carbocycles. The fourth-order valence-corrected chi connectivity index (χ4v) is 2.05. The Morgan fingerprint density at radius 1 is 0.826 bits per heavy atom. The molecule has 1 heterocycles. The predicted molar refractivity (Wildman–Crippen MR) is 87.4 cm³/mol. The van der Waals surface area contributed by atoms with Crippen LogP contribution in [0.3, 0.4) is 0 Å². The number of hydrogen-bond donors (Lipinski definition) is 3. The van der Waals surface area contributed by atoms with E-state index < -0.39 is 0 Å². The van der Waals surface area contributed by atoms with Crippen LogP contribution in [0.15, 0.2) is 66.9 Å². The lowest BCUT2D eigenvalue weighted by atomic mass is 10.2. The van der Waals surface area contributed by atoms with Crippen LogP contribution >= 0.6 is 0 Å². The normalized spacial score (nSPS) is 10.1. The number of aromatic amines is 1. The fourth-order valence-electron chi connectivity index (χ4n) is 2.05. The number of nitrogens with one attached hydrogen (secondary N) is 3. The molecule has 3 rings (SSSR count). The first kappa shape index (κ1) is 14.5. The van der Waals surface area contributed by atoms with Gasteiger partial charge in [-0.25, -0.2) is 0 Å². The standard InChI is InChI=1S/C17H14N4O2/c22-16(12-7-3-1-4-8-12)20-14-11-18-21-15(14)17(23)19-13-9-5-2-6-10-13/h1-11H,(H,18,21)(H,19,23)(H,20,22). The van der Waals surface area contributed by atoms with E-state index in [1.165, 1.54) is 6.20 Å². The number of carbonyl (C=O) groups excluding carboxylic acids is 2. The molecule has 0 saturated heterocycles. The second-order valence-corrected chi connectivity index (χ2v) is 4.80. The van der Waals surface area contributed by atoms with Crippen molar-refractivity contribution in [1.82, 2.24) is 10.2 Å². The molecule has 6 nitrogen and oxygen atoms in total. The van der Waals surface area contributed by atoms with E-state index in [2.05, 4.69) is 20.8 Å². The summed E-state index contributed by atoms with van der Waals surface area (Å²) in [5, 5.41) is 11.9. The predicted octanol–water partition coefficient (Wildman–Crippen LogP) is 2.91. The number of aromatic nitrogens is 2. The lowest BCUT2D eigenvalue weighted by molar-refractivity contribution is 0.102. The smallest absolute Gasteiger partial charge is 0.275 e. The summed E-state index contributed by atoms with van der Waals surface area (Å²) in [7, 11) is 0. The Hall–Kier alpha value is -3.41. The molecule has 0 atom stereocenters. The summed E-state index contributed by atoms with van der Waals surface area (Å²) in [6.45, 7) is 0. The van der Waals surface area contributed by atoms with Gasteiger partial charge in [0.15, 0.2) is 0 Å². The monoisotopic (exact) mass is 306 g/mol. The van der Waals surface area contributed by atoms with Gasteiger partial charge in [0, 0.05) is 11.3 Å². The van der Waals surface area contributed by atoms with Gasteiger partial charge in [0.25, 0.3) is 11.8 Å². The van der Waals surface area contributed by atoms with Crippen molar-refractivity contribution in [3.63, 3.8) is 0 Å². The van der Waals surface area contributed by atoms with Gasteiger partial charge in [-0.15, -0.1) is 0 Å². The lowest BCUT2D eigenvalue weighted by Gasteiger charge is -2.07. The summed E-state index contributed by atoms with van der Waals surface area (Å²) in [6.07, 6.45) is 1.40. The van der Waals surface area contributed by atoms with Gasteiger partial charge in [-0.1, -0.05) is 36.4 Å². The average Bonchev–Trinajstić information content (AvgIpc) is 3.05. The first-order valence-corrected chi connectivity index (χ1v) is 7.00. The van der Waals surface area contributed by atoms with Crippen molar-refractivity contribution in [2.45, 2.75) is 0 Å². The summed E-state index contributed by atoms with van der Waals surface area (Å²) in [4.78, 5) is 24.4. The van der Waals surface area contributed by atoms with E-state index in [0.717, 1.165) is 0 Å². The van der Waals surface area contributed by atoms with Gasteiger partial charge in [-0.05, 0) is 24.3 Å². The maximum Gasteiger partial charge on any atom is 0.275 e. The van der Waals surface area contributed by atoms with Gasteiger partial charge < -0.3 is 10.6 Å². The highest BCUT2D eigenvalue weighted by Gasteiger charge is 2.16. The number of benzene rings is 2. The second-order valence-electron chi connectivity index (χ2n) is 4.80. The molecule has 0 aliphatic rings. The molecule has 3 aromatic rings. The highest BCUT2D eigenvalue weighted by atomic mass is 16.2. The molecule has 114 valence electrons. The third-order valence-electron chi connectivity index (χ3n) is 3.18.